The van der Waals surface area contributed by atoms with Gasteiger partial charge in [0.2, 0.25) is 0 Å². The first-order valence-corrected chi connectivity index (χ1v) is 20.4. The summed E-state index contributed by atoms with van der Waals surface area (Å²) < 4.78 is 19.9. The molecule has 53 heavy (non-hydrogen) atoms. The molecule has 3 unspecified atom stereocenters. The van der Waals surface area contributed by atoms with Gasteiger partial charge in [-0.2, -0.15) is 0 Å². The van der Waals surface area contributed by atoms with Crippen LogP contribution >= 0.6 is 0 Å². The standard InChI is InChI=1S/C46H68O7/c1-12-29(2)38(49)51-30(3)37(52-36(48)19-18-31-16-14-13-15-17-31)45-27-26-44(11)43(10)24-20-32-41(7,8)35(47)22-23-42(32,9)33(43)21-25-46(44,53-39(45)50)34(45)28-40(4,5)6/h12-19,30,32-35,37,39,47,50H,20-28H2,1-11H3/b19-18-,29-12-/t30-,32?,33?,34?,35+,37+,39+,42+,43-,44+,45+,46+/m1/s1. The van der Waals surface area contributed by atoms with Crippen molar-refractivity contribution in [3.8, 4) is 0 Å². The molecule has 1 aromatic carbocycles. The molecule has 1 heterocycles. The first kappa shape index (κ1) is 40.2. The molecular formula is C46H68O7. The Kier molecular flexibility index (Phi) is 10.3. The molecule has 2 bridgehead atoms. The quantitative estimate of drug-likeness (QED) is 0.203. The van der Waals surface area contributed by atoms with Gasteiger partial charge in [-0.3, -0.25) is 0 Å². The zero-order valence-electron chi connectivity index (χ0n) is 34.5. The van der Waals surface area contributed by atoms with Crippen LogP contribution in [0.2, 0.25) is 0 Å². The Balaban J connectivity index is 1.44. The highest BCUT2D eigenvalue weighted by atomic mass is 16.6. The van der Waals surface area contributed by atoms with Crippen LogP contribution in [0.25, 0.3) is 6.08 Å². The molecule has 1 saturated heterocycles. The predicted octanol–water partition coefficient (Wildman–Crippen LogP) is 9.45. The maximum Gasteiger partial charge on any atom is 0.333 e. The van der Waals surface area contributed by atoms with Crippen LogP contribution in [0.3, 0.4) is 0 Å². The molecule has 1 aliphatic heterocycles. The van der Waals surface area contributed by atoms with E-state index >= 15 is 0 Å². The van der Waals surface area contributed by atoms with E-state index in [1.807, 2.05) is 30.3 Å². The van der Waals surface area contributed by atoms with E-state index in [0.29, 0.717) is 23.8 Å². The lowest BCUT2D eigenvalue weighted by atomic mass is 9.31. The summed E-state index contributed by atoms with van der Waals surface area (Å²) in [4.78, 5) is 27.1. The van der Waals surface area contributed by atoms with Gasteiger partial charge in [-0.25, -0.2) is 9.59 Å². The van der Waals surface area contributed by atoms with Gasteiger partial charge in [-0.15, -0.1) is 0 Å². The third-order valence-electron chi connectivity index (χ3n) is 16.4. The van der Waals surface area contributed by atoms with Crippen LogP contribution in [-0.2, 0) is 23.8 Å². The molecule has 6 rings (SSSR count). The number of esters is 2. The molecule has 2 N–H and O–H groups in total. The SMILES string of the molecule is C/C=C(/C)C(=O)O[C@H](C)[C@H](OC(=O)/C=C\c1ccccc1)[C@@]12CC[C@]3(C)[C@@](CCC4[C@@]5(C)CC[C@H](O)C(C)(C)C5CC[C@]43C)(O[C@@H]1O)C2CC(C)(C)C. The number of allylic oxidation sites excluding steroid dienone is 1. The van der Waals surface area contributed by atoms with Crippen LogP contribution in [0, 0.1) is 50.2 Å². The normalized spacial score (nSPS) is 41.8. The highest BCUT2D eigenvalue weighted by molar-refractivity contribution is 5.88. The summed E-state index contributed by atoms with van der Waals surface area (Å²) in [6.45, 7) is 24.1. The van der Waals surface area contributed by atoms with Gasteiger partial charge in [-0.1, -0.05) is 91.8 Å². The summed E-state index contributed by atoms with van der Waals surface area (Å²) in [5.74, 6) is -0.301. The van der Waals surface area contributed by atoms with E-state index < -0.39 is 41.5 Å². The summed E-state index contributed by atoms with van der Waals surface area (Å²) in [5.41, 5.74) is -0.897. The number of aliphatic hydroxyl groups is 2. The molecule has 7 nitrogen and oxygen atoms in total. The summed E-state index contributed by atoms with van der Waals surface area (Å²) in [5, 5.41) is 23.8. The highest BCUT2D eigenvalue weighted by Crippen LogP contribution is 2.80. The molecule has 4 saturated carbocycles. The Morgan fingerprint density at radius 3 is 2.23 bits per heavy atom. The lowest BCUT2D eigenvalue weighted by Crippen LogP contribution is -2.72. The molecule has 4 aliphatic carbocycles. The molecule has 7 heteroatoms. The fourth-order valence-corrected chi connectivity index (χ4v) is 13.4. The lowest BCUT2D eigenvalue weighted by molar-refractivity contribution is -0.296. The number of fused-ring (bicyclic) bond motifs is 5. The van der Waals surface area contributed by atoms with Crippen molar-refractivity contribution in [2.75, 3.05) is 0 Å². The van der Waals surface area contributed by atoms with Gasteiger partial charge >= 0.3 is 11.9 Å². The lowest BCUT2D eigenvalue weighted by Gasteiger charge is -2.74. The van der Waals surface area contributed by atoms with Gasteiger partial charge in [0.15, 0.2) is 6.29 Å². The van der Waals surface area contributed by atoms with Crippen molar-refractivity contribution in [2.24, 2.45) is 50.2 Å². The van der Waals surface area contributed by atoms with E-state index in [2.05, 4.69) is 55.4 Å². The molecule has 0 amide bonds. The zero-order chi connectivity index (χ0) is 39.0. The van der Waals surface area contributed by atoms with E-state index in [1.165, 1.54) is 6.08 Å². The second-order valence-electron chi connectivity index (χ2n) is 20.3. The molecule has 12 atom stereocenters. The third-order valence-corrected chi connectivity index (χ3v) is 16.4. The van der Waals surface area contributed by atoms with Crippen molar-refractivity contribution in [1.82, 2.24) is 0 Å². The second-order valence-corrected chi connectivity index (χ2v) is 20.3. The summed E-state index contributed by atoms with van der Waals surface area (Å²) in [6.07, 6.45) is 9.44. The van der Waals surface area contributed by atoms with Gasteiger partial charge in [0.05, 0.1) is 17.1 Å². The van der Waals surface area contributed by atoms with Gasteiger partial charge in [0.1, 0.15) is 12.2 Å². The zero-order valence-corrected chi connectivity index (χ0v) is 34.5. The van der Waals surface area contributed by atoms with Gasteiger partial charge in [0, 0.05) is 23.0 Å². The topological polar surface area (TPSA) is 102 Å². The molecular weight excluding hydrogens is 664 g/mol. The average Bonchev–Trinajstić information content (AvgIpc) is 3.25. The Morgan fingerprint density at radius 1 is 0.925 bits per heavy atom. The van der Waals surface area contributed by atoms with Crippen molar-refractivity contribution in [3.63, 3.8) is 0 Å². The van der Waals surface area contributed by atoms with Crippen molar-refractivity contribution >= 4 is 18.0 Å². The van der Waals surface area contributed by atoms with Crippen molar-refractivity contribution in [1.29, 1.82) is 0 Å². The van der Waals surface area contributed by atoms with E-state index in [1.54, 1.807) is 32.9 Å². The second kappa shape index (κ2) is 13.6. The minimum Gasteiger partial charge on any atom is -0.455 e. The van der Waals surface area contributed by atoms with Crippen LogP contribution in [0.15, 0.2) is 48.1 Å². The Morgan fingerprint density at radius 2 is 1.58 bits per heavy atom. The Bertz CT molecular complexity index is 1610. The Labute approximate surface area is 319 Å². The molecule has 1 aromatic rings. The molecule has 1 spiro atoms. The first-order valence-electron chi connectivity index (χ1n) is 20.4. The van der Waals surface area contributed by atoms with Crippen molar-refractivity contribution in [3.05, 3.63) is 53.6 Å². The van der Waals surface area contributed by atoms with Crippen molar-refractivity contribution < 1.29 is 34.0 Å². The number of hydrogen-bond acceptors (Lipinski definition) is 7. The van der Waals surface area contributed by atoms with Gasteiger partial charge in [-0.05, 0) is 124 Å². The number of benzene rings is 1. The molecule has 0 aromatic heterocycles. The summed E-state index contributed by atoms with van der Waals surface area (Å²) >= 11 is 0. The highest BCUT2D eigenvalue weighted by Gasteiger charge is 2.81. The van der Waals surface area contributed by atoms with E-state index in [9.17, 15) is 19.8 Å². The fourth-order valence-electron chi connectivity index (χ4n) is 13.4. The number of rotatable bonds is 8. The molecule has 5 aliphatic rings. The van der Waals surface area contributed by atoms with Crippen LogP contribution < -0.4 is 0 Å². The van der Waals surface area contributed by atoms with Crippen LogP contribution in [-0.4, -0.2) is 52.4 Å². The number of aliphatic hydroxyl groups excluding tert-OH is 2. The van der Waals surface area contributed by atoms with E-state index in [4.69, 9.17) is 14.2 Å². The number of carbonyl (C=O) groups is 2. The minimum atomic E-state index is -1.22. The minimum absolute atomic E-state index is 0.0765. The molecule has 0 radical (unpaired) electrons. The van der Waals surface area contributed by atoms with Gasteiger partial charge in [0.25, 0.3) is 0 Å². The monoisotopic (exact) mass is 732 g/mol. The number of ether oxygens (including phenoxy) is 3. The summed E-state index contributed by atoms with van der Waals surface area (Å²) in [7, 11) is 0. The maximum absolute atomic E-state index is 13.8. The smallest absolute Gasteiger partial charge is 0.333 e. The first-order chi connectivity index (χ1) is 24.6. The van der Waals surface area contributed by atoms with Crippen molar-refractivity contribution in [2.45, 2.75) is 164 Å². The average molecular weight is 733 g/mol. The third kappa shape index (κ3) is 6.09. The summed E-state index contributed by atoms with van der Waals surface area (Å²) in [6, 6.07) is 9.61. The van der Waals surface area contributed by atoms with Gasteiger partial charge < -0.3 is 24.4 Å². The Hall–Kier alpha value is -2.48. The molecule has 5 fully saturated rings. The molecule has 294 valence electrons. The van der Waals surface area contributed by atoms with E-state index in [-0.39, 0.29) is 39.1 Å². The van der Waals surface area contributed by atoms with Crippen LogP contribution in [0.5, 0.6) is 0 Å². The number of hydrogen-bond donors (Lipinski definition) is 2. The van der Waals surface area contributed by atoms with Crippen LogP contribution in [0.4, 0.5) is 0 Å². The fraction of sp³-hybridized carbons (Fsp3) is 0.739. The van der Waals surface area contributed by atoms with E-state index in [0.717, 1.165) is 56.9 Å². The number of carbonyl (C=O) groups excluding carboxylic acids is 2. The predicted molar refractivity (Wildman–Crippen MR) is 208 cm³/mol. The maximum atomic E-state index is 13.8. The largest absolute Gasteiger partial charge is 0.455 e. The van der Waals surface area contributed by atoms with Crippen LogP contribution in [0.1, 0.15) is 140 Å².